The first-order valence-corrected chi connectivity index (χ1v) is 5.53. The first kappa shape index (κ1) is 12.7. The van der Waals surface area contributed by atoms with E-state index >= 15 is 0 Å². The predicted octanol–water partition coefficient (Wildman–Crippen LogP) is 0.902. The maximum Gasteiger partial charge on any atom is 0.290 e. The number of hydrogen-bond acceptors (Lipinski definition) is 4. The van der Waals surface area contributed by atoms with E-state index in [1.807, 2.05) is 6.92 Å². The van der Waals surface area contributed by atoms with Crippen LogP contribution in [0.5, 0.6) is 0 Å². The van der Waals surface area contributed by atoms with Gasteiger partial charge in [0.2, 0.25) is 0 Å². The van der Waals surface area contributed by atoms with Gasteiger partial charge in [-0.25, -0.2) is 4.57 Å². The molecule has 6 heteroatoms. The molecule has 0 atom stereocenters. The van der Waals surface area contributed by atoms with Crippen LogP contribution in [0, 0.1) is 17.0 Å². The first-order valence-electron chi connectivity index (χ1n) is 5.53. The van der Waals surface area contributed by atoms with E-state index in [-0.39, 0.29) is 11.4 Å². The molecule has 1 aromatic carbocycles. The lowest BCUT2D eigenvalue weighted by Gasteiger charge is -2.09. The van der Waals surface area contributed by atoms with Crippen molar-refractivity contribution in [3.63, 3.8) is 0 Å². The highest BCUT2D eigenvalue weighted by Gasteiger charge is 2.03. The Bertz CT molecular complexity index is 619. The lowest BCUT2D eigenvalue weighted by Crippen LogP contribution is -2.27. The third kappa shape index (κ3) is 3.12. The number of nitro benzene ring substituents is 1. The molecule has 0 spiro atoms. The molecule has 1 heterocycles. The van der Waals surface area contributed by atoms with Crippen LogP contribution >= 0.6 is 0 Å². The van der Waals surface area contributed by atoms with Crippen LogP contribution in [0.4, 0.5) is 5.69 Å². The van der Waals surface area contributed by atoms with Gasteiger partial charge in [-0.2, -0.15) is 0 Å². The second-order valence-corrected chi connectivity index (χ2v) is 3.95. The van der Waals surface area contributed by atoms with Crippen LogP contribution in [0.1, 0.15) is 11.3 Å². The zero-order valence-electron chi connectivity index (χ0n) is 10.2. The summed E-state index contributed by atoms with van der Waals surface area (Å²) in [6.45, 7) is 1.85. The number of aromatic nitrogens is 2. The van der Waals surface area contributed by atoms with E-state index in [0.29, 0.717) is 5.56 Å². The molecule has 0 saturated carbocycles. The summed E-state index contributed by atoms with van der Waals surface area (Å²) in [5, 5.41) is 22.4. The molecule has 0 saturated heterocycles. The number of nitro groups is 1. The van der Waals surface area contributed by atoms with Crippen LogP contribution in [0.15, 0.2) is 42.9 Å². The van der Waals surface area contributed by atoms with Gasteiger partial charge in [-0.1, -0.05) is 10.7 Å². The molecule has 0 aliphatic carbocycles. The van der Waals surface area contributed by atoms with Crippen LogP contribution in [0.2, 0.25) is 0 Å². The van der Waals surface area contributed by atoms with Crippen LogP contribution in [-0.4, -0.2) is 9.91 Å². The molecule has 2 aromatic rings. The van der Waals surface area contributed by atoms with E-state index < -0.39 is 4.92 Å². The average molecular weight is 257 g/mol. The highest BCUT2D eigenvalue weighted by molar-refractivity contribution is 5.65. The number of rotatable bonds is 3. The normalized spacial score (nSPS) is 11.3. The quantitative estimate of drug-likeness (QED) is 0.354. The van der Waals surface area contributed by atoms with Crippen LogP contribution in [-0.2, 0) is 0 Å². The smallest absolute Gasteiger partial charge is 0.290 e. The molecule has 6 nitrogen and oxygen atoms in total. The molecule has 0 aliphatic heterocycles. The molecule has 96 valence electrons. The van der Waals surface area contributed by atoms with E-state index in [9.17, 15) is 15.2 Å². The molecule has 0 radical (unpaired) electrons. The van der Waals surface area contributed by atoms with Crippen molar-refractivity contribution < 1.29 is 14.6 Å². The molecule has 0 unspecified atom stereocenters. The number of hydrogen-bond donors (Lipinski definition) is 0. The summed E-state index contributed by atoms with van der Waals surface area (Å²) in [6, 6.07) is 7.25. The lowest BCUT2D eigenvalue weighted by molar-refractivity contribution is -0.573. The van der Waals surface area contributed by atoms with Crippen LogP contribution < -0.4 is 9.67 Å². The Balaban J connectivity index is 2.25. The fourth-order valence-electron chi connectivity index (χ4n) is 1.47. The summed E-state index contributed by atoms with van der Waals surface area (Å²) >= 11 is 0. The fraction of sp³-hybridized carbons (Fsp3) is 0.0769. The zero-order valence-corrected chi connectivity index (χ0v) is 10.2. The monoisotopic (exact) mass is 257 g/mol. The number of nitrogens with zero attached hydrogens (tertiary/aromatic N) is 3. The molecule has 1 aromatic heterocycles. The Kier molecular flexibility index (Phi) is 3.51. The highest BCUT2D eigenvalue weighted by atomic mass is 16.6. The summed E-state index contributed by atoms with van der Waals surface area (Å²) in [7, 11) is 0. The van der Waals surface area contributed by atoms with Gasteiger partial charge in [0.15, 0.2) is 5.69 Å². The second-order valence-electron chi connectivity index (χ2n) is 3.95. The fourth-order valence-corrected chi connectivity index (χ4v) is 1.47. The predicted molar refractivity (Wildman–Crippen MR) is 66.4 cm³/mol. The number of benzene rings is 1. The number of aryl methyl sites for hydroxylation is 1. The Morgan fingerprint density at radius 3 is 2.53 bits per heavy atom. The minimum Gasteiger partial charge on any atom is -0.870 e. The molecule has 0 bridgehead atoms. The molecular formula is C13H11N3O3. The molecule has 0 fully saturated rings. The van der Waals surface area contributed by atoms with Crippen molar-refractivity contribution in [1.82, 2.24) is 4.98 Å². The van der Waals surface area contributed by atoms with Gasteiger partial charge in [-0.15, -0.1) is 0 Å². The second kappa shape index (κ2) is 5.26. The third-order valence-electron chi connectivity index (χ3n) is 2.51. The topological polar surface area (TPSA) is 83.0 Å². The van der Waals surface area contributed by atoms with Crippen molar-refractivity contribution >= 4 is 17.6 Å². The van der Waals surface area contributed by atoms with E-state index in [2.05, 4.69) is 4.98 Å². The number of non-ortho nitro benzene ring substituents is 1. The molecular weight excluding hydrogens is 246 g/mol. The molecule has 2 rings (SSSR count). The van der Waals surface area contributed by atoms with E-state index in [0.717, 1.165) is 5.69 Å². The van der Waals surface area contributed by atoms with Crippen LogP contribution in [0.3, 0.4) is 0 Å². The zero-order chi connectivity index (χ0) is 13.8. The molecule has 0 aliphatic rings. The highest BCUT2D eigenvalue weighted by Crippen LogP contribution is 2.15. The minimum absolute atomic E-state index is 0.0406. The summed E-state index contributed by atoms with van der Waals surface area (Å²) in [6.07, 6.45) is 4.61. The Hall–Kier alpha value is -2.76. The van der Waals surface area contributed by atoms with Gasteiger partial charge in [-0.05, 0) is 17.7 Å². The van der Waals surface area contributed by atoms with Crippen molar-refractivity contribution in [2.24, 2.45) is 0 Å². The van der Waals surface area contributed by atoms with Gasteiger partial charge in [0, 0.05) is 25.1 Å². The van der Waals surface area contributed by atoms with E-state index in [1.54, 1.807) is 12.3 Å². The average Bonchev–Trinajstić information content (AvgIpc) is 2.41. The molecule has 0 N–H and O–H groups in total. The Morgan fingerprint density at radius 2 is 2.00 bits per heavy atom. The Morgan fingerprint density at radius 1 is 1.32 bits per heavy atom. The van der Waals surface area contributed by atoms with Gasteiger partial charge in [-0.3, -0.25) is 10.1 Å². The standard InChI is InChI=1S/C13H11N3O3/c1-10-6-7-15(9-14-10)8-13(17)11-2-4-12(5-3-11)16(18)19/h2-9H,1H3/b13-8-. The summed E-state index contributed by atoms with van der Waals surface area (Å²) < 4.78 is 1.54. The SMILES string of the molecule is Cc1cc[n+](/C=C(\[O-])c2ccc([N+](=O)[O-])cc2)cn1. The minimum atomic E-state index is -0.503. The van der Waals surface area contributed by atoms with Gasteiger partial charge in [0.05, 0.1) is 17.3 Å². The molecule has 0 amide bonds. The lowest BCUT2D eigenvalue weighted by atomic mass is 10.2. The summed E-state index contributed by atoms with van der Waals surface area (Å²) in [5.41, 5.74) is 1.20. The van der Waals surface area contributed by atoms with Crippen molar-refractivity contribution in [2.45, 2.75) is 6.92 Å². The third-order valence-corrected chi connectivity index (χ3v) is 2.51. The first-order chi connectivity index (χ1) is 9.06. The maximum atomic E-state index is 11.9. The van der Waals surface area contributed by atoms with E-state index in [4.69, 9.17) is 0 Å². The van der Waals surface area contributed by atoms with Crippen molar-refractivity contribution in [2.75, 3.05) is 0 Å². The van der Waals surface area contributed by atoms with E-state index in [1.165, 1.54) is 41.4 Å². The summed E-state index contributed by atoms with van der Waals surface area (Å²) in [5.74, 6) is -0.245. The van der Waals surface area contributed by atoms with Gasteiger partial charge < -0.3 is 5.11 Å². The molecule has 19 heavy (non-hydrogen) atoms. The van der Waals surface area contributed by atoms with Gasteiger partial charge in [0.1, 0.15) is 0 Å². The largest absolute Gasteiger partial charge is 0.870 e. The van der Waals surface area contributed by atoms with Crippen molar-refractivity contribution in [3.05, 3.63) is 64.2 Å². The van der Waals surface area contributed by atoms with Gasteiger partial charge >= 0.3 is 0 Å². The maximum absolute atomic E-state index is 11.9. The van der Waals surface area contributed by atoms with Gasteiger partial charge in [0.25, 0.3) is 12.0 Å². The Labute approximate surface area is 109 Å². The van der Waals surface area contributed by atoms with Crippen molar-refractivity contribution in [1.29, 1.82) is 0 Å². The van der Waals surface area contributed by atoms with Crippen molar-refractivity contribution in [3.8, 4) is 0 Å². The summed E-state index contributed by atoms with van der Waals surface area (Å²) in [4.78, 5) is 14.1. The van der Waals surface area contributed by atoms with Crippen LogP contribution in [0.25, 0.3) is 12.0 Å².